The highest BCUT2D eigenvalue weighted by molar-refractivity contribution is 7.06. The average Bonchev–Trinajstić information content (AvgIpc) is 3.57. The van der Waals surface area contributed by atoms with Crippen LogP contribution in [0.3, 0.4) is 0 Å². The fourth-order valence-electron chi connectivity index (χ4n) is 9.39. The molecule has 1 aliphatic heterocycles. The van der Waals surface area contributed by atoms with Crippen LogP contribution in [0.15, 0.2) is 127 Å². The number of hydrogen-bond acceptors (Lipinski definition) is 3. The molecule has 1 aliphatic carbocycles. The molecule has 0 radical (unpaired) electrons. The van der Waals surface area contributed by atoms with Gasteiger partial charge in [0.1, 0.15) is 8.07 Å². The zero-order valence-corrected chi connectivity index (χ0v) is 31.9. The normalized spacial score (nSPS) is 20.8. The van der Waals surface area contributed by atoms with E-state index in [9.17, 15) is 9.90 Å². The first-order valence-corrected chi connectivity index (χ1v) is 21.4. The van der Waals surface area contributed by atoms with Crippen molar-refractivity contribution >= 4 is 24.4 Å². The summed E-state index contributed by atoms with van der Waals surface area (Å²) in [6.07, 6.45) is 13.5. The van der Waals surface area contributed by atoms with Crippen molar-refractivity contribution in [3.05, 3.63) is 133 Å². The van der Waals surface area contributed by atoms with Gasteiger partial charge in [0.05, 0.1) is 18.3 Å². The third-order valence-corrected chi connectivity index (χ3v) is 18.2. The minimum absolute atomic E-state index is 0.218. The SMILES string of the molecule is CC(C)(C)[Si](c1ccccc1)(c1ccccc1)[C@H](C/C=C\CC[C@H]1C(OCc2ccc(-c3ccccc3)cc2)CC[C@@H]1N1CCCCC1)C(=O)O. The molecule has 5 heteroatoms. The van der Waals surface area contributed by atoms with Gasteiger partial charge in [0.25, 0.3) is 0 Å². The molecule has 4 nitrogen and oxygen atoms in total. The van der Waals surface area contributed by atoms with Crippen LogP contribution in [0.2, 0.25) is 10.6 Å². The van der Waals surface area contributed by atoms with Crippen molar-refractivity contribution in [1.82, 2.24) is 4.90 Å². The Kier molecular flexibility index (Phi) is 12.5. The van der Waals surface area contributed by atoms with E-state index in [4.69, 9.17) is 4.74 Å². The molecule has 4 aromatic rings. The van der Waals surface area contributed by atoms with Crippen molar-refractivity contribution in [1.29, 1.82) is 0 Å². The smallest absolute Gasteiger partial charge is 0.304 e. The van der Waals surface area contributed by atoms with Crippen molar-refractivity contribution in [2.24, 2.45) is 5.92 Å². The van der Waals surface area contributed by atoms with Gasteiger partial charge in [-0.1, -0.05) is 165 Å². The number of carboxylic acids is 1. The van der Waals surface area contributed by atoms with Gasteiger partial charge in [-0.2, -0.15) is 0 Å². The Morgan fingerprint density at radius 3 is 1.92 bits per heavy atom. The number of rotatable bonds is 14. The number of ether oxygens (including phenoxy) is 1. The molecule has 4 atom stereocenters. The second kappa shape index (κ2) is 17.2. The molecule has 2 fully saturated rings. The largest absolute Gasteiger partial charge is 0.481 e. The lowest BCUT2D eigenvalue weighted by molar-refractivity contribution is -0.137. The van der Waals surface area contributed by atoms with E-state index in [1.165, 1.54) is 65.8 Å². The number of nitrogens with zero attached hydrogens (tertiary/aromatic N) is 1. The number of allylic oxidation sites excluding steroid dienone is 2. The molecule has 2 aliphatic rings. The molecular weight excluding hydrogens is 643 g/mol. The van der Waals surface area contributed by atoms with E-state index < -0.39 is 19.6 Å². The molecular formula is C46H57NO3Si. The van der Waals surface area contributed by atoms with Gasteiger partial charge in [0, 0.05) is 12.0 Å². The number of carbonyl (C=O) groups is 1. The standard InChI is InChI=1S/C46H57NO3Si/c1-46(2,3)51(39-21-11-5-12-22-39,40-23-13-6-14-24-40)44(45(48)49)26-16-7-15-25-41-42(47-33-17-8-18-34-47)31-32-43(41)50-35-36-27-29-38(30-28-36)37-19-9-4-10-20-37/h4-7,9-14,16,19-24,27-30,41-44H,8,15,17-18,25-26,31-35H2,1-3H3,(H,48,49)/b16-7-/t41-,42+,43?,44-/m1/s1. The molecule has 4 aromatic carbocycles. The van der Waals surface area contributed by atoms with E-state index >= 15 is 0 Å². The minimum atomic E-state index is -2.82. The maximum Gasteiger partial charge on any atom is 0.304 e. The molecule has 1 saturated carbocycles. The van der Waals surface area contributed by atoms with Crippen molar-refractivity contribution in [3.63, 3.8) is 0 Å². The van der Waals surface area contributed by atoms with Crippen molar-refractivity contribution in [2.45, 2.75) is 101 Å². The molecule has 0 amide bonds. The number of aliphatic carboxylic acids is 1. The van der Waals surface area contributed by atoms with Gasteiger partial charge in [0.15, 0.2) is 0 Å². The highest BCUT2D eigenvalue weighted by Crippen LogP contribution is 2.45. The van der Waals surface area contributed by atoms with E-state index in [2.05, 4.69) is 141 Å². The predicted octanol–water partition coefficient (Wildman–Crippen LogP) is 9.75. The minimum Gasteiger partial charge on any atom is -0.481 e. The molecule has 0 bridgehead atoms. The van der Waals surface area contributed by atoms with E-state index in [0.29, 0.717) is 25.0 Å². The number of carboxylic acid groups (broad SMARTS) is 1. The quantitative estimate of drug-likeness (QED) is 0.105. The molecule has 0 aromatic heterocycles. The second-order valence-electron chi connectivity index (χ2n) is 15.8. The van der Waals surface area contributed by atoms with Crippen LogP contribution >= 0.6 is 0 Å². The second-order valence-corrected chi connectivity index (χ2v) is 20.8. The van der Waals surface area contributed by atoms with E-state index in [1.54, 1.807) is 0 Å². The predicted molar refractivity (Wildman–Crippen MR) is 214 cm³/mol. The Balaban J connectivity index is 1.16. The lowest BCUT2D eigenvalue weighted by atomic mass is 9.93. The first kappa shape index (κ1) is 37.0. The van der Waals surface area contributed by atoms with Crippen molar-refractivity contribution in [2.75, 3.05) is 13.1 Å². The Morgan fingerprint density at radius 1 is 0.784 bits per heavy atom. The summed E-state index contributed by atoms with van der Waals surface area (Å²) in [7, 11) is -2.82. The maximum absolute atomic E-state index is 13.3. The van der Waals surface area contributed by atoms with E-state index in [-0.39, 0.29) is 11.1 Å². The summed E-state index contributed by atoms with van der Waals surface area (Å²) < 4.78 is 6.75. The van der Waals surface area contributed by atoms with Crippen LogP contribution in [0, 0.1) is 5.92 Å². The van der Waals surface area contributed by atoms with Gasteiger partial charge in [-0.05, 0) is 79.8 Å². The third kappa shape index (κ3) is 8.49. The molecule has 0 spiro atoms. The van der Waals surface area contributed by atoms with Gasteiger partial charge < -0.3 is 14.7 Å². The lowest BCUT2D eigenvalue weighted by Gasteiger charge is -2.47. The van der Waals surface area contributed by atoms with Crippen LogP contribution < -0.4 is 10.4 Å². The molecule has 268 valence electrons. The van der Waals surface area contributed by atoms with E-state index in [0.717, 1.165) is 19.3 Å². The Morgan fingerprint density at radius 2 is 1.35 bits per heavy atom. The fourth-order valence-corrected chi connectivity index (χ4v) is 15.6. The van der Waals surface area contributed by atoms with Gasteiger partial charge >= 0.3 is 5.97 Å². The topological polar surface area (TPSA) is 49.8 Å². The summed E-state index contributed by atoms with van der Waals surface area (Å²) in [5.41, 5.74) is 3.20. The van der Waals surface area contributed by atoms with Gasteiger partial charge in [-0.15, -0.1) is 0 Å². The number of benzene rings is 4. The molecule has 1 N–H and O–H groups in total. The first-order valence-electron chi connectivity index (χ1n) is 19.3. The summed E-state index contributed by atoms with van der Waals surface area (Å²) in [5, 5.41) is 13.1. The number of piperidine rings is 1. The highest BCUT2D eigenvalue weighted by Gasteiger charge is 2.55. The van der Waals surface area contributed by atoms with Gasteiger partial charge in [0.2, 0.25) is 0 Å². The highest BCUT2D eigenvalue weighted by atomic mass is 28.3. The summed E-state index contributed by atoms with van der Waals surface area (Å²) in [6, 6.07) is 40.9. The van der Waals surface area contributed by atoms with Crippen LogP contribution in [0.4, 0.5) is 0 Å². The third-order valence-electron chi connectivity index (χ3n) is 11.8. The zero-order valence-electron chi connectivity index (χ0n) is 30.9. The van der Waals surface area contributed by atoms with Crippen LogP contribution in [-0.4, -0.2) is 49.3 Å². The summed E-state index contributed by atoms with van der Waals surface area (Å²) in [4.78, 5) is 16.1. The average molecular weight is 700 g/mol. The zero-order chi connectivity index (χ0) is 35.7. The monoisotopic (exact) mass is 699 g/mol. The first-order chi connectivity index (χ1) is 24.8. The van der Waals surface area contributed by atoms with E-state index in [1.807, 2.05) is 12.1 Å². The van der Waals surface area contributed by atoms with Crippen LogP contribution in [0.5, 0.6) is 0 Å². The maximum atomic E-state index is 13.3. The van der Waals surface area contributed by atoms with Crippen molar-refractivity contribution in [3.8, 4) is 11.1 Å². The van der Waals surface area contributed by atoms with Crippen LogP contribution in [-0.2, 0) is 16.1 Å². The molecule has 51 heavy (non-hydrogen) atoms. The number of likely N-dealkylation sites (tertiary alicyclic amines) is 1. The van der Waals surface area contributed by atoms with Crippen molar-refractivity contribution < 1.29 is 14.6 Å². The summed E-state index contributed by atoms with van der Waals surface area (Å²) in [6.45, 7) is 9.77. The Hall–Kier alpha value is -3.77. The summed E-state index contributed by atoms with van der Waals surface area (Å²) >= 11 is 0. The summed E-state index contributed by atoms with van der Waals surface area (Å²) in [5.74, 6) is -0.219. The van der Waals surface area contributed by atoms with Crippen LogP contribution in [0.25, 0.3) is 11.1 Å². The van der Waals surface area contributed by atoms with Gasteiger partial charge in [-0.3, -0.25) is 4.79 Å². The molecule has 1 unspecified atom stereocenters. The Bertz CT molecular complexity index is 1640. The fraction of sp³-hybridized carbons (Fsp3) is 0.413. The molecule has 1 heterocycles. The Labute approximate surface area is 307 Å². The lowest BCUT2D eigenvalue weighted by Crippen LogP contribution is -2.68. The number of hydrogen-bond donors (Lipinski definition) is 1. The molecule has 6 rings (SSSR count). The molecule has 1 saturated heterocycles. The van der Waals surface area contributed by atoms with Gasteiger partial charge in [-0.25, -0.2) is 0 Å². The van der Waals surface area contributed by atoms with Crippen LogP contribution in [0.1, 0.15) is 77.7 Å².